The molecular weight excluding hydrogens is 444 g/mol. The molecule has 0 spiro atoms. The van der Waals surface area contributed by atoms with E-state index >= 15 is 0 Å². The first-order valence-corrected chi connectivity index (χ1v) is 9.46. The third kappa shape index (κ3) is 6.99. The van der Waals surface area contributed by atoms with Gasteiger partial charge in [-0.2, -0.15) is 0 Å². The van der Waals surface area contributed by atoms with Crippen LogP contribution in [0.2, 0.25) is 5.02 Å². The number of ether oxygens (including phenoxy) is 3. The Bertz CT molecular complexity index is 698. The van der Waals surface area contributed by atoms with Crippen LogP contribution in [0.25, 0.3) is 0 Å². The summed E-state index contributed by atoms with van der Waals surface area (Å²) in [4.78, 5) is 41.5. The Hall–Kier alpha value is -1.87. The first-order valence-electron chi connectivity index (χ1n) is 8.29. The molecule has 1 rings (SSSR count). The SMILES string of the molecule is CCOC(=O)CCCN(C(=O)OC(C)C)c1cc(Cl)c(Br)nc1C(=O)OC. The number of methoxy groups -OCH3 is 1. The number of anilines is 1. The van der Waals surface area contributed by atoms with Gasteiger partial charge in [-0.3, -0.25) is 9.69 Å². The van der Waals surface area contributed by atoms with Crippen LogP contribution in [0, 0.1) is 0 Å². The van der Waals surface area contributed by atoms with Gasteiger partial charge < -0.3 is 14.2 Å². The number of aromatic nitrogens is 1. The van der Waals surface area contributed by atoms with E-state index in [4.69, 9.17) is 25.8 Å². The van der Waals surface area contributed by atoms with Gasteiger partial charge in [-0.25, -0.2) is 14.6 Å². The number of nitrogens with zero attached hydrogens (tertiary/aromatic N) is 2. The van der Waals surface area contributed by atoms with Gasteiger partial charge in [-0.1, -0.05) is 11.6 Å². The normalized spacial score (nSPS) is 10.5. The summed E-state index contributed by atoms with van der Waals surface area (Å²) in [7, 11) is 1.20. The van der Waals surface area contributed by atoms with Crippen molar-refractivity contribution < 1.29 is 28.6 Å². The molecule has 1 aromatic heterocycles. The highest BCUT2D eigenvalue weighted by Gasteiger charge is 2.27. The first kappa shape index (κ1) is 23.2. The van der Waals surface area contributed by atoms with E-state index in [1.165, 1.54) is 18.1 Å². The zero-order valence-corrected chi connectivity index (χ0v) is 17.9. The van der Waals surface area contributed by atoms with Gasteiger partial charge in [0.15, 0.2) is 5.69 Å². The van der Waals surface area contributed by atoms with Gasteiger partial charge >= 0.3 is 18.0 Å². The van der Waals surface area contributed by atoms with Crippen molar-refractivity contribution in [3.63, 3.8) is 0 Å². The molecule has 0 N–H and O–H groups in total. The molecular formula is C17H22BrClN2O6. The molecule has 10 heteroatoms. The van der Waals surface area contributed by atoms with Crippen LogP contribution >= 0.6 is 27.5 Å². The van der Waals surface area contributed by atoms with Crippen LogP contribution in [0.5, 0.6) is 0 Å². The maximum Gasteiger partial charge on any atom is 0.414 e. The second kappa shape index (κ2) is 11.1. The van der Waals surface area contributed by atoms with Crippen LogP contribution < -0.4 is 4.90 Å². The predicted molar refractivity (Wildman–Crippen MR) is 103 cm³/mol. The lowest BCUT2D eigenvalue weighted by Gasteiger charge is -2.25. The minimum Gasteiger partial charge on any atom is -0.466 e. The summed E-state index contributed by atoms with van der Waals surface area (Å²) in [6, 6.07) is 1.41. The van der Waals surface area contributed by atoms with Crippen LogP contribution in [-0.2, 0) is 19.0 Å². The highest BCUT2D eigenvalue weighted by molar-refractivity contribution is 9.10. The molecule has 0 aliphatic carbocycles. The molecule has 0 saturated heterocycles. The number of hydrogen-bond donors (Lipinski definition) is 0. The van der Waals surface area contributed by atoms with Crippen LogP contribution in [0.4, 0.5) is 10.5 Å². The topological polar surface area (TPSA) is 95.0 Å². The molecule has 27 heavy (non-hydrogen) atoms. The van der Waals surface area contributed by atoms with Crippen LogP contribution in [0.1, 0.15) is 44.1 Å². The molecule has 0 aromatic carbocycles. The van der Waals surface area contributed by atoms with Crippen molar-refractivity contribution in [2.24, 2.45) is 0 Å². The third-order valence-electron chi connectivity index (χ3n) is 3.21. The maximum atomic E-state index is 12.6. The monoisotopic (exact) mass is 464 g/mol. The molecule has 1 amide bonds. The Morgan fingerprint density at radius 1 is 1.33 bits per heavy atom. The number of halogens is 2. The number of carbonyl (C=O) groups excluding carboxylic acids is 3. The average Bonchev–Trinajstić information content (AvgIpc) is 2.59. The molecule has 0 fully saturated rings. The van der Waals surface area contributed by atoms with E-state index in [1.807, 2.05) is 0 Å². The Kier molecular flexibility index (Phi) is 9.51. The highest BCUT2D eigenvalue weighted by atomic mass is 79.9. The van der Waals surface area contributed by atoms with E-state index in [-0.39, 0.29) is 52.7 Å². The lowest BCUT2D eigenvalue weighted by molar-refractivity contribution is -0.143. The molecule has 8 nitrogen and oxygen atoms in total. The second-order valence-corrected chi connectivity index (χ2v) is 6.77. The average molecular weight is 466 g/mol. The van der Waals surface area contributed by atoms with Gasteiger partial charge in [0.1, 0.15) is 4.60 Å². The van der Waals surface area contributed by atoms with Gasteiger partial charge in [0, 0.05) is 13.0 Å². The van der Waals surface area contributed by atoms with E-state index < -0.39 is 12.1 Å². The standard InChI is InChI=1S/C17H22BrClN2O6/c1-5-26-13(22)7-6-8-21(17(24)27-10(2)3)12-9-11(19)15(18)20-14(12)16(23)25-4/h9-10H,5-8H2,1-4H3. The molecule has 1 aromatic rings. The molecule has 0 unspecified atom stereocenters. The van der Waals surface area contributed by atoms with Gasteiger partial charge in [0.25, 0.3) is 0 Å². The Balaban J connectivity index is 3.21. The summed E-state index contributed by atoms with van der Waals surface area (Å²) in [6.45, 7) is 5.47. The number of amides is 1. The fourth-order valence-electron chi connectivity index (χ4n) is 2.10. The largest absolute Gasteiger partial charge is 0.466 e. The van der Waals surface area contributed by atoms with Gasteiger partial charge in [0.2, 0.25) is 0 Å². The van der Waals surface area contributed by atoms with E-state index in [2.05, 4.69) is 20.9 Å². The summed E-state index contributed by atoms with van der Waals surface area (Å²) in [5.74, 6) is -1.12. The van der Waals surface area contributed by atoms with Crippen molar-refractivity contribution >= 4 is 51.3 Å². The molecule has 0 aliphatic rings. The molecule has 0 radical (unpaired) electrons. The lowest BCUT2D eigenvalue weighted by atomic mass is 10.2. The van der Waals surface area contributed by atoms with Gasteiger partial charge in [0.05, 0.1) is 30.5 Å². The molecule has 0 atom stereocenters. The fourth-order valence-corrected chi connectivity index (χ4v) is 2.54. The van der Waals surface area contributed by atoms with Crippen LogP contribution in [0.3, 0.4) is 0 Å². The van der Waals surface area contributed by atoms with Crippen LogP contribution in [-0.4, -0.2) is 49.4 Å². The Morgan fingerprint density at radius 2 is 2.00 bits per heavy atom. The predicted octanol–water partition coefficient (Wildman–Crippen LogP) is 3.98. The van der Waals surface area contributed by atoms with Gasteiger partial charge in [-0.15, -0.1) is 0 Å². The van der Waals surface area contributed by atoms with Crippen molar-refractivity contribution in [2.45, 2.75) is 39.7 Å². The fraction of sp³-hybridized carbons (Fsp3) is 0.529. The molecule has 0 aliphatic heterocycles. The summed E-state index contributed by atoms with van der Waals surface area (Å²) < 4.78 is 15.1. The Labute approximate surface area is 171 Å². The van der Waals surface area contributed by atoms with Crippen molar-refractivity contribution in [2.75, 3.05) is 25.2 Å². The van der Waals surface area contributed by atoms with E-state index in [1.54, 1.807) is 20.8 Å². The first-order chi connectivity index (χ1) is 12.7. The number of hydrogen-bond acceptors (Lipinski definition) is 7. The minimum atomic E-state index is -0.741. The quantitative estimate of drug-likeness (QED) is 0.325. The summed E-state index contributed by atoms with van der Waals surface area (Å²) >= 11 is 9.25. The molecule has 0 bridgehead atoms. The molecule has 150 valence electrons. The summed E-state index contributed by atoms with van der Waals surface area (Å²) in [5.41, 5.74) is 0.0233. The Morgan fingerprint density at radius 3 is 2.56 bits per heavy atom. The van der Waals surface area contributed by atoms with Crippen LogP contribution in [0.15, 0.2) is 10.7 Å². The van der Waals surface area contributed by atoms with E-state index in [0.717, 1.165) is 0 Å². The smallest absolute Gasteiger partial charge is 0.414 e. The zero-order valence-electron chi connectivity index (χ0n) is 15.6. The van der Waals surface area contributed by atoms with Crippen molar-refractivity contribution in [3.8, 4) is 0 Å². The number of esters is 2. The number of rotatable bonds is 8. The maximum absolute atomic E-state index is 12.6. The van der Waals surface area contributed by atoms with Crippen molar-refractivity contribution in [1.29, 1.82) is 0 Å². The molecule has 1 heterocycles. The van der Waals surface area contributed by atoms with Crippen molar-refractivity contribution in [1.82, 2.24) is 4.98 Å². The van der Waals surface area contributed by atoms with Crippen molar-refractivity contribution in [3.05, 3.63) is 21.4 Å². The molecule has 0 saturated carbocycles. The highest BCUT2D eigenvalue weighted by Crippen LogP contribution is 2.30. The third-order valence-corrected chi connectivity index (χ3v) is 4.33. The summed E-state index contributed by atoms with van der Waals surface area (Å²) in [6.07, 6.45) is -0.685. The minimum absolute atomic E-state index is 0.0913. The zero-order chi connectivity index (χ0) is 20.6. The summed E-state index contributed by atoms with van der Waals surface area (Å²) in [5, 5.41) is 0.199. The number of pyridine rings is 1. The van der Waals surface area contributed by atoms with Gasteiger partial charge in [-0.05, 0) is 49.2 Å². The number of carbonyl (C=O) groups is 3. The van der Waals surface area contributed by atoms with E-state index in [9.17, 15) is 14.4 Å². The second-order valence-electron chi connectivity index (χ2n) is 5.61. The van der Waals surface area contributed by atoms with E-state index in [0.29, 0.717) is 6.42 Å². The lowest BCUT2D eigenvalue weighted by Crippen LogP contribution is -2.36.